The second kappa shape index (κ2) is 4.04. The number of aromatic amines is 2. The third kappa shape index (κ3) is 1.79. The van der Waals surface area contributed by atoms with Gasteiger partial charge in [-0.3, -0.25) is 14.3 Å². The number of rotatable bonds is 2. The summed E-state index contributed by atoms with van der Waals surface area (Å²) in [6.45, 7) is 1.28. The lowest BCUT2D eigenvalue weighted by Gasteiger charge is -2.10. The fourth-order valence-electron chi connectivity index (χ4n) is 1.88. The third-order valence-electron chi connectivity index (χ3n) is 2.71. The number of hydrogen-bond acceptors (Lipinski definition) is 5. The Hall–Kier alpha value is -1.54. The van der Waals surface area contributed by atoms with Crippen molar-refractivity contribution in [1.29, 1.82) is 0 Å². The number of imidazole rings is 1. The maximum absolute atomic E-state index is 12.0. The van der Waals surface area contributed by atoms with Gasteiger partial charge in [0.1, 0.15) is 5.52 Å². The molecule has 1 unspecified atom stereocenters. The van der Waals surface area contributed by atoms with E-state index in [1.54, 1.807) is 11.8 Å². The largest absolute Gasteiger partial charge is 0.339 e. The lowest BCUT2D eigenvalue weighted by atomic mass is 10.5. The molecule has 90 valence electrons. The summed E-state index contributed by atoms with van der Waals surface area (Å²) in [5, 5.41) is 3.35. The zero-order valence-corrected chi connectivity index (χ0v) is 9.71. The van der Waals surface area contributed by atoms with Crippen LogP contribution in [0.1, 0.15) is 0 Å². The summed E-state index contributed by atoms with van der Waals surface area (Å²) in [5.74, 6) is 1.00. The van der Waals surface area contributed by atoms with Gasteiger partial charge in [0, 0.05) is 12.3 Å². The SMILES string of the molecule is O=c1[nH]c2nc[nH]c2c(=O)n1CC1NCCS1. The van der Waals surface area contributed by atoms with Crippen molar-refractivity contribution in [3.8, 4) is 0 Å². The van der Waals surface area contributed by atoms with Crippen molar-refractivity contribution in [2.75, 3.05) is 12.3 Å². The molecule has 1 aliphatic heterocycles. The molecule has 3 N–H and O–H groups in total. The van der Waals surface area contributed by atoms with Crippen molar-refractivity contribution in [2.24, 2.45) is 0 Å². The highest BCUT2D eigenvalue weighted by molar-refractivity contribution is 8.00. The first-order chi connectivity index (χ1) is 8.25. The second-order valence-electron chi connectivity index (χ2n) is 3.79. The molecule has 7 nitrogen and oxygen atoms in total. The fraction of sp³-hybridized carbons (Fsp3) is 0.444. The Balaban J connectivity index is 2.08. The van der Waals surface area contributed by atoms with E-state index in [0.717, 1.165) is 12.3 Å². The van der Waals surface area contributed by atoms with Gasteiger partial charge in [0.2, 0.25) is 0 Å². The van der Waals surface area contributed by atoms with Crippen LogP contribution in [0.15, 0.2) is 15.9 Å². The van der Waals surface area contributed by atoms with Gasteiger partial charge in [0.15, 0.2) is 5.65 Å². The predicted molar refractivity (Wildman–Crippen MR) is 65.2 cm³/mol. The zero-order valence-electron chi connectivity index (χ0n) is 8.90. The lowest BCUT2D eigenvalue weighted by Crippen LogP contribution is -2.40. The van der Waals surface area contributed by atoms with Crippen molar-refractivity contribution >= 4 is 22.9 Å². The first kappa shape index (κ1) is 10.6. The topological polar surface area (TPSA) is 95.6 Å². The molecule has 0 bridgehead atoms. The molecule has 1 aliphatic rings. The van der Waals surface area contributed by atoms with Crippen LogP contribution >= 0.6 is 11.8 Å². The Kier molecular flexibility index (Phi) is 2.52. The third-order valence-corrected chi connectivity index (χ3v) is 3.87. The standard InChI is InChI=1S/C9H11N5O2S/c15-8-6-7(12-4-11-6)13-9(16)14(8)3-5-10-1-2-17-5/h4-5,10H,1-3H2,(H,11,12)(H,13,16). The summed E-state index contributed by atoms with van der Waals surface area (Å²) in [5.41, 5.74) is -0.0877. The molecule has 3 rings (SSSR count). The lowest BCUT2D eigenvalue weighted by molar-refractivity contribution is 0.564. The average molecular weight is 253 g/mol. The molecule has 17 heavy (non-hydrogen) atoms. The van der Waals surface area contributed by atoms with Gasteiger partial charge in [-0.05, 0) is 0 Å². The molecule has 0 radical (unpaired) electrons. The van der Waals surface area contributed by atoms with Crippen LogP contribution in [0.4, 0.5) is 0 Å². The maximum Gasteiger partial charge on any atom is 0.330 e. The van der Waals surface area contributed by atoms with Crippen molar-refractivity contribution in [1.82, 2.24) is 24.8 Å². The minimum absolute atomic E-state index is 0.120. The Morgan fingerprint density at radius 1 is 1.53 bits per heavy atom. The number of thioether (sulfide) groups is 1. The Morgan fingerprint density at radius 3 is 3.18 bits per heavy atom. The van der Waals surface area contributed by atoms with E-state index in [0.29, 0.717) is 17.7 Å². The Bertz CT molecular complexity index is 651. The van der Waals surface area contributed by atoms with Crippen molar-refractivity contribution in [3.63, 3.8) is 0 Å². The summed E-state index contributed by atoms with van der Waals surface area (Å²) in [6, 6.07) is 0. The van der Waals surface area contributed by atoms with Crippen LogP contribution in [-0.2, 0) is 6.54 Å². The van der Waals surface area contributed by atoms with E-state index in [4.69, 9.17) is 0 Å². The predicted octanol–water partition coefficient (Wildman–Crippen LogP) is -0.925. The van der Waals surface area contributed by atoms with Crippen LogP contribution in [0.3, 0.4) is 0 Å². The maximum atomic E-state index is 12.0. The van der Waals surface area contributed by atoms with E-state index >= 15 is 0 Å². The van der Waals surface area contributed by atoms with Gasteiger partial charge < -0.3 is 10.3 Å². The summed E-state index contributed by atoms with van der Waals surface area (Å²) >= 11 is 1.71. The highest BCUT2D eigenvalue weighted by Gasteiger charge is 2.18. The summed E-state index contributed by atoms with van der Waals surface area (Å²) in [7, 11) is 0. The van der Waals surface area contributed by atoms with E-state index in [1.807, 2.05) is 0 Å². The molecule has 0 aliphatic carbocycles. The second-order valence-corrected chi connectivity index (χ2v) is 5.10. The number of H-pyrrole nitrogens is 2. The molecular weight excluding hydrogens is 242 g/mol. The summed E-state index contributed by atoms with van der Waals surface area (Å²) in [4.78, 5) is 33.0. The van der Waals surface area contributed by atoms with Crippen LogP contribution in [-0.4, -0.2) is 37.2 Å². The number of nitrogens with one attached hydrogen (secondary N) is 3. The zero-order chi connectivity index (χ0) is 11.8. The van der Waals surface area contributed by atoms with Gasteiger partial charge in [-0.25, -0.2) is 9.78 Å². The van der Waals surface area contributed by atoms with E-state index in [9.17, 15) is 9.59 Å². The molecule has 2 aromatic heterocycles. The van der Waals surface area contributed by atoms with Gasteiger partial charge in [-0.1, -0.05) is 0 Å². The fourth-order valence-corrected chi connectivity index (χ4v) is 2.89. The number of aromatic nitrogens is 4. The highest BCUT2D eigenvalue weighted by Crippen LogP contribution is 2.14. The molecule has 8 heteroatoms. The van der Waals surface area contributed by atoms with Crippen LogP contribution in [0.25, 0.3) is 11.2 Å². The summed E-state index contributed by atoms with van der Waals surface area (Å²) < 4.78 is 1.20. The molecular formula is C9H11N5O2S. The van der Waals surface area contributed by atoms with Crippen LogP contribution < -0.4 is 16.6 Å². The van der Waals surface area contributed by atoms with Crippen LogP contribution in [0, 0.1) is 0 Å². The molecule has 1 saturated heterocycles. The van der Waals surface area contributed by atoms with Gasteiger partial charge in [0.25, 0.3) is 5.56 Å². The van der Waals surface area contributed by atoms with Crippen molar-refractivity contribution in [3.05, 3.63) is 27.2 Å². The van der Waals surface area contributed by atoms with Crippen LogP contribution in [0.5, 0.6) is 0 Å². The first-order valence-corrected chi connectivity index (χ1v) is 6.32. The van der Waals surface area contributed by atoms with Crippen LogP contribution in [0.2, 0.25) is 0 Å². The molecule has 1 fully saturated rings. The minimum atomic E-state index is -0.413. The molecule has 0 aromatic carbocycles. The summed E-state index contributed by atoms with van der Waals surface area (Å²) in [6.07, 6.45) is 1.40. The van der Waals surface area contributed by atoms with Gasteiger partial charge in [-0.15, -0.1) is 11.8 Å². The molecule has 2 aromatic rings. The van der Waals surface area contributed by atoms with Gasteiger partial charge in [0.05, 0.1) is 18.2 Å². The molecule has 1 atom stereocenters. The molecule has 0 saturated carbocycles. The Labute approximate surface area is 99.6 Å². The Morgan fingerprint density at radius 2 is 2.41 bits per heavy atom. The van der Waals surface area contributed by atoms with Gasteiger partial charge >= 0.3 is 5.69 Å². The average Bonchev–Trinajstić information content (AvgIpc) is 2.94. The smallest absolute Gasteiger partial charge is 0.330 e. The van der Waals surface area contributed by atoms with Gasteiger partial charge in [-0.2, -0.15) is 0 Å². The number of fused-ring (bicyclic) bond motifs is 1. The van der Waals surface area contributed by atoms with E-state index in [2.05, 4.69) is 20.3 Å². The quantitative estimate of drug-likeness (QED) is 0.643. The normalized spacial score (nSPS) is 20.1. The van der Waals surface area contributed by atoms with E-state index in [1.165, 1.54) is 10.9 Å². The first-order valence-electron chi connectivity index (χ1n) is 5.27. The monoisotopic (exact) mass is 253 g/mol. The molecule has 0 amide bonds. The van der Waals surface area contributed by atoms with E-state index in [-0.39, 0.29) is 10.9 Å². The highest BCUT2D eigenvalue weighted by atomic mass is 32.2. The molecule has 0 spiro atoms. The number of hydrogen-bond donors (Lipinski definition) is 3. The van der Waals surface area contributed by atoms with E-state index < -0.39 is 5.69 Å². The molecule has 3 heterocycles. The number of nitrogens with zero attached hydrogens (tertiary/aromatic N) is 2. The minimum Gasteiger partial charge on any atom is -0.339 e. The van der Waals surface area contributed by atoms with Crippen molar-refractivity contribution < 1.29 is 0 Å². The van der Waals surface area contributed by atoms with Crippen molar-refractivity contribution in [2.45, 2.75) is 11.9 Å².